The van der Waals surface area contributed by atoms with Crippen LogP contribution in [0.5, 0.6) is 17.5 Å². The van der Waals surface area contributed by atoms with Crippen LogP contribution in [0.4, 0.5) is 0 Å². The van der Waals surface area contributed by atoms with Crippen LogP contribution in [0.3, 0.4) is 0 Å². The van der Waals surface area contributed by atoms with Crippen LogP contribution in [-0.2, 0) is 11.3 Å². The van der Waals surface area contributed by atoms with Crippen molar-refractivity contribution in [2.24, 2.45) is 0 Å². The zero-order valence-corrected chi connectivity index (χ0v) is 16.4. The number of hydrogen-bond donors (Lipinski definition) is 1. The van der Waals surface area contributed by atoms with E-state index in [9.17, 15) is 5.11 Å². The molecule has 0 aliphatic rings. The normalized spacial score (nSPS) is 11.1. The number of nitrogens with zero attached hydrogens (tertiary/aromatic N) is 5. The van der Waals surface area contributed by atoms with Crippen LogP contribution in [-0.4, -0.2) is 57.4 Å². The van der Waals surface area contributed by atoms with Gasteiger partial charge in [0.2, 0.25) is 5.88 Å². The predicted molar refractivity (Wildman–Crippen MR) is 107 cm³/mol. The van der Waals surface area contributed by atoms with E-state index in [1.165, 1.54) is 7.11 Å². The van der Waals surface area contributed by atoms with Crippen molar-refractivity contribution >= 4 is 10.9 Å². The first-order valence-corrected chi connectivity index (χ1v) is 8.96. The molecule has 0 fully saturated rings. The Hall–Kier alpha value is -3.59. The number of ether oxygens (including phenoxy) is 3. The molecule has 9 nitrogen and oxygen atoms in total. The fourth-order valence-corrected chi connectivity index (χ4v) is 3.09. The Labute approximate surface area is 167 Å². The minimum atomic E-state index is 0.107. The summed E-state index contributed by atoms with van der Waals surface area (Å²) in [6.07, 6.45) is 6.98. The quantitative estimate of drug-likeness (QED) is 0.514. The second-order valence-electron chi connectivity index (χ2n) is 6.34. The van der Waals surface area contributed by atoms with Crippen molar-refractivity contribution in [1.82, 2.24) is 24.3 Å². The molecule has 0 unspecified atom stereocenters. The van der Waals surface area contributed by atoms with E-state index in [0.29, 0.717) is 41.4 Å². The molecule has 0 aliphatic heterocycles. The van der Waals surface area contributed by atoms with Crippen LogP contribution in [0.25, 0.3) is 27.8 Å². The van der Waals surface area contributed by atoms with Crippen molar-refractivity contribution in [2.75, 3.05) is 27.9 Å². The summed E-state index contributed by atoms with van der Waals surface area (Å²) in [4.78, 5) is 8.93. The van der Waals surface area contributed by atoms with Gasteiger partial charge in [-0.25, -0.2) is 9.97 Å². The van der Waals surface area contributed by atoms with Gasteiger partial charge in [0, 0.05) is 31.3 Å². The van der Waals surface area contributed by atoms with E-state index in [1.807, 2.05) is 24.4 Å². The van der Waals surface area contributed by atoms with Gasteiger partial charge < -0.3 is 19.3 Å². The number of fused-ring (bicyclic) bond motifs is 1. The maximum Gasteiger partial charge on any atom is 0.256 e. The highest BCUT2D eigenvalue weighted by Gasteiger charge is 2.15. The lowest BCUT2D eigenvalue weighted by Gasteiger charge is -2.08. The van der Waals surface area contributed by atoms with E-state index >= 15 is 0 Å². The first kappa shape index (κ1) is 18.8. The summed E-state index contributed by atoms with van der Waals surface area (Å²) >= 11 is 0. The topological polar surface area (TPSA) is 96.5 Å². The first-order valence-electron chi connectivity index (χ1n) is 8.96. The van der Waals surface area contributed by atoms with Crippen LogP contribution in [0.15, 0.2) is 43.0 Å². The van der Waals surface area contributed by atoms with Crippen molar-refractivity contribution in [1.29, 1.82) is 0 Å². The monoisotopic (exact) mass is 395 g/mol. The van der Waals surface area contributed by atoms with Gasteiger partial charge in [0.05, 0.1) is 55.9 Å². The van der Waals surface area contributed by atoms with E-state index in [-0.39, 0.29) is 5.88 Å². The van der Waals surface area contributed by atoms with Gasteiger partial charge in [-0.05, 0) is 18.2 Å². The molecule has 0 aliphatic carbocycles. The third-order valence-corrected chi connectivity index (χ3v) is 4.59. The average Bonchev–Trinajstić information content (AvgIpc) is 3.35. The van der Waals surface area contributed by atoms with Gasteiger partial charge in [-0.1, -0.05) is 0 Å². The highest BCUT2D eigenvalue weighted by molar-refractivity contribution is 5.87. The minimum absolute atomic E-state index is 0.107. The van der Waals surface area contributed by atoms with Crippen molar-refractivity contribution in [3.05, 3.63) is 43.0 Å². The lowest BCUT2D eigenvalue weighted by molar-refractivity contribution is 0.183. The van der Waals surface area contributed by atoms with E-state index < -0.39 is 0 Å². The number of rotatable bonds is 7. The average molecular weight is 395 g/mol. The molecule has 4 aromatic rings. The van der Waals surface area contributed by atoms with Gasteiger partial charge in [-0.15, -0.1) is 0 Å². The molecule has 4 rings (SSSR count). The molecular formula is C20H21N5O4. The Morgan fingerprint density at radius 3 is 2.69 bits per heavy atom. The molecule has 0 atom stereocenters. The van der Waals surface area contributed by atoms with Gasteiger partial charge in [0.15, 0.2) is 5.75 Å². The molecule has 9 heteroatoms. The smallest absolute Gasteiger partial charge is 0.256 e. The van der Waals surface area contributed by atoms with E-state index in [1.54, 1.807) is 42.1 Å². The number of aromatic hydroxyl groups is 1. The molecule has 0 bridgehead atoms. The van der Waals surface area contributed by atoms with Crippen LogP contribution < -0.4 is 9.47 Å². The summed E-state index contributed by atoms with van der Waals surface area (Å²) in [6.45, 7) is 1.19. The van der Waals surface area contributed by atoms with Crippen LogP contribution in [0, 0.1) is 0 Å². The molecule has 0 saturated carbocycles. The Balaban J connectivity index is 1.71. The Morgan fingerprint density at radius 1 is 1.07 bits per heavy atom. The number of methoxy groups -OCH3 is 3. The predicted octanol–water partition coefficient (Wildman–Crippen LogP) is 2.65. The standard InChI is InChI=1S/C20H21N5O4/c1-27-7-6-24-11-14(10-22-24)25-12-17-15(20(25)26)4-5-16(23-17)13-8-18(28-2)19(29-3)21-9-13/h4-5,8-12,26H,6-7H2,1-3H3. The molecule has 0 radical (unpaired) electrons. The summed E-state index contributed by atoms with van der Waals surface area (Å²) in [7, 11) is 4.74. The van der Waals surface area contributed by atoms with Crippen LogP contribution >= 0.6 is 0 Å². The van der Waals surface area contributed by atoms with E-state index in [2.05, 4.69) is 15.1 Å². The van der Waals surface area contributed by atoms with Gasteiger partial charge in [-0.2, -0.15) is 5.10 Å². The minimum Gasteiger partial charge on any atom is -0.494 e. The molecule has 1 N–H and O–H groups in total. The van der Waals surface area contributed by atoms with Gasteiger partial charge in [-0.3, -0.25) is 9.25 Å². The maximum absolute atomic E-state index is 10.7. The van der Waals surface area contributed by atoms with Gasteiger partial charge >= 0.3 is 0 Å². The van der Waals surface area contributed by atoms with E-state index in [4.69, 9.17) is 14.2 Å². The fraction of sp³-hybridized carbons (Fsp3) is 0.250. The Morgan fingerprint density at radius 2 is 1.93 bits per heavy atom. The number of aromatic nitrogens is 5. The second-order valence-corrected chi connectivity index (χ2v) is 6.34. The summed E-state index contributed by atoms with van der Waals surface area (Å²) in [6, 6.07) is 5.48. The third kappa shape index (κ3) is 3.47. The summed E-state index contributed by atoms with van der Waals surface area (Å²) in [5.74, 6) is 1.04. The summed E-state index contributed by atoms with van der Waals surface area (Å²) in [5, 5.41) is 15.6. The molecule has 150 valence electrons. The van der Waals surface area contributed by atoms with Crippen LogP contribution in [0.2, 0.25) is 0 Å². The fourth-order valence-electron chi connectivity index (χ4n) is 3.09. The Kier molecular flexibility index (Phi) is 5.05. The number of hydrogen-bond acceptors (Lipinski definition) is 7. The second kappa shape index (κ2) is 7.80. The van der Waals surface area contributed by atoms with Crippen molar-refractivity contribution in [3.63, 3.8) is 0 Å². The molecule has 29 heavy (non-hydrogen) atoms. The molecular weight excluding hydrogens is 374 g/mol. The molecule has 0 aromatic carbocycles. The third-order valence-electron chi connectivity index (χ3n) is 4.59. The Bertz CT molecular complexity index is 1150. The lowest BCUT2D eigenvalue weighted by atomic mass is 10.1. The van der Waals surface area contributed by atoms with Crippen LogP contribution in [0.1, 0.15) is 0 Å². The number of pyridine rings is 2. The molecule has 4 heterocycles. The van der Waals surface area contributed by atoms with Gasteiger partial charge in [0.25, 0.3) is 5.88 Å². The van der Waals surface area contributed by atoms with E-state index in [0.717, 1.165) is 11.3 Å². The molecule has 0 saturated heterocycles. The van der Waals surface area contributed by atoms with Gasteiger partial charge in [0.1, 0.15) is 0 Å². The summed E-state index contributed by atoms with van der Waals surface area (Å²) in [5.41, 5.74) is 2.88. The first-order chi connectivity index (χ1) is 14.1. The van der Waals surface area contributed by atoms with Crippen molar-refractivity contribution in [3.8, 4) is 34.5 Å². The highest BCUT2D eigenvalue weighted by atomic mass is 16.5. The summed E-state index contributed by atoms with van der Waals surface area (Å²) < 4.78 is 19.0. The molecule has 4 aromatic heterocycles. The zero-order chi connectivity index (χ0) is 20.4. The van der Waals surface area contributed by atoms with Crippen molar-refractivity contribution < 1.29 is 19.3 Å². The van der Waals surface area contributed by atoms with Crippen molar-refractivity contribution in [2.45, 2.75) is 6.54 Å². The largest absolute Gasteiger partial charge is 0.494 e. The highest BCUT2D eigenvalue weighted by Crippen LogP contribution is 2.33. The lowest BCUT2D eigenvalue weighted by Crippen LogP contribution is -2.04. The maximum atomic E-state index is 10.7. The molecule has 0 spiro atoms. The SMILES string of the molecule is COCCn1cc(-n2cc3nc(-c4cnc(OC)c(OC)c4)ccc3c2O)cn1. The zero-order valence-electron chi connectivity index (χ0n) is 16.4. The molecule has 0 amide bonds.